The maximum Gasteiger partial charge on any atom is 0.306 e. The summed E-state index contributed by atoms with van der Waals surface area (Å²) in [7, 11) is 0. The van der Waals surface area contributed by atoms with Crippen LogP contribution in [0.5, 0.6) is 0 Å². The van der Waals surface area contributed by atoms with Crippen molar-refractivity contribution < 1.29 is 28.6 Å². The zero-order valence-corrected chi connectivity index (χ0v) is 45.9. The van der Waals surface area contributed by atoms with Crippen LogP contribution in [0.3, 0.4) is 0 Å². The minimum atomic E-state index is -0.768. The number of hydrogen-bond acceptors (Lipinski definition) is 6. The van der Waals surface area contributed by atoms with Gasteiger partial charge in [0.2, 0.25) is 0 Å². The summed E-state index contributed by atoms with van der Waals surface area (Å²) in [4.78, 5) is 38.2. The Hall–Kier alpha value is -2.11. The second-order valence-corrected chi connectivity index (χ2v) is 20.6. The topological polar surface area (TPSA) is 78.9 Å². The van der Waals surface area contributed by atoms with Crippen molar-refractivity contribution in [2.75, 3.05) is 13.2 Å². The molecule has 0 N–H and O–H groups in total. The molecule has 0 radical (unpaired) electrons. The second-order valence-electron chi connectivity index (χ2n) is 20.6. The van der Waals surface area contributed by atoms with Crippen molar-refractivity contribution in [3.05, 3.63) is 24.3 Å². The molecule has 6 nitrogen and oxygen atoms in total. The van der Waals surface area contributed by atoms with Crippen molar-refractivity contribution in [1.82, 2.24) is 0 Å². The number of carbonyl (C=O) groups excluding carboxylic acids is 3. The Kier molecular flexibility index (Phi) is 55.7. The summed E-state index contributed by atoms with van der Waals surface area (Å²) < 4.78 is 16.9. The molecule has 0 aromatic rings. The molecule has 0 unspecified atom stereocenters. The molecule has 68 heavy (non-hydrogen) atoms. The molecule has 6 heteroatoms. The van der Waals surface area contributed by atoms with Gasteiger partial charge in [-0.05, 0) is 51.4 Å². The monoisotopic (exact) mass is 957 g/mol. The van der Waals surface area contributed by atoms with E-state index < -0.39 is 6.10 Å². The van der Waals surface area contributed by atoms with E-state index in [2.05, 4.69) is 45.1 Å². The molecular weight excluding hydrogens is 841 g/mol. The predicted octanol–water partition coefficient (Wildman–Crippen LogP) is 20.3. The number of esters is 3. The van der Waals surface area contributed by atoms with Crippen LogP contribution < -0.4 is 0 Å². The lowest BCUT2D eigenvalue weighted by Gasteiger charge is -2.18. The number of allylic oxidation sites excluding steroid dienone is 4. The summed E-state index contributed by atoms with van der Waals surface area (Å²) in [5.41, 5.74) is 0. The van der Waals surface area contributed by atoms with Gasteiger partial charge in [-0.15, -0.1) is 0 Å². The molecule has 0 aliphatic heterocycles. The van der Waals surface area contributed by atoms with Crippen molar-refractivity contribution in [3.63, 3.8) is 0 Å². The highest BCUT2D eigenvalue weighted by Gasteiger charge is 2.19. The molecule has 0 spiro atoms. The van der Waals surface area contributed by atoms with Gasteiger partial charge in [-0.1, -0.05) is 289 Å². The quantitative estimate of drug-likeness (QED) is 0.0262. The van der Waals surface area contributed by atoms with E-state index in [0.717, 1.165) is 64.2 Å². The summed E-state index contributed by atoms with van der Waals surface area (Å²) >= 11 is 0. The third-order valence-corrected chi connectivity index (χ3v) is 13.7. The SMILES string of the molecule is CCCCC/C=C/C/C=C/CCCCCCCCCCCC(=O)OC[C@@H](COC(=O)CCCCCCCCCCCCCCCCC)OC(=O)CCCCCCCCCCCCCCCCCC. The second kappa shape index (κ2) is 57.5. The van der Waals surface area contributed by atoms with Crippen LogP contribution in [0.4, 0.5) is 0 Å². The van der Waals surface area contributed by atoms with Crippen molar-refractivity contribution >= 4 is 17.9 Å². The third-order valence-electron chi connectivity index (χ3n) is 13.7. The molecule has 0 aliphatic carbocycles. The Morgan fingerprint density at radius 1 is 0.294 bits per heavy atom. The Bertz CT molecular complexity index is 1100. The van der Waals surface area contributed by atoms with E-state index in [9.17, 15) is 14.4 Å². The fourth-order valence-corrected chi connectivity index (χ4v) is 9.12. The largest absolute Gasteiger partial charge is 0.462 e. The molecule has 1 atom stereocenters. The van der Waals surface area contributed by atoms with Crippen LogP contribution in [0.2, 0.25) is 0 Å². The molecular formula is C62H116O6. The maximum atomic E-state index is 12.9. The fourth-order valence-electron chi connectivity index (χ4n) is 9.12. The van der Waals surface area contributed by atoms with Crippen LogP contribution in [0.1, 0.15) is 335 Å². The third kappa shape index (κ3) is 54.8. The van der Waals surface area contributed by atoms with E-state index in [1.807, 2.05) is 0 Å². The summed E-state index contributed by atoms with van der Waals surface area (Å²) in [6.45, 7) is 6.67. The Morgan fingerprint density at radius 3 is 0.838 bits per heavy atom. The van der Waals surface area contributed by atoms with Crippen LogP contribution in [-0.4, -0.2) is 37.2 Å². The van der Waals surface area contributed by atoms with Crippen LogP contribution in [-0.2, 0) is 28.6 Å². The van der Waals surface area contributed by atoms with Crippen molar-refractivity contribution in [2.45, 2.75) is 341 Å². The average molecular weight is 958 g/mol. The number of unbranched alkanes of at least 4 members (excludes halogenated alkanes) is 41. The molecule has 0 fully saturated rings. The first-order valence-electron chi connectivity index (χ1n) is 30.3. The van der Waals surface area contributed by atoms with E-state index in [1.54, 1.807) is 0 Å². The number of hydrogen-bond donors (Lipinski definition) is 0. The molecule has 0 bridgehead atoms. The molecule has 0 aromatic carbocycles. The van der Waals surface area contributed by atoms with E-state index in [0.29, 0.717) is 19.3 Å². The van der Waals surface area contributed by atoms with Gasteiger partial charge in [0.05, 0.1) is 0 Å². The summed E-state index contributed by atoms with van der Waals surface area (Å²) in [6.07, 6.45) is 67.4. The fraction of sp³-hybridized carbons (Fsp3) is 0.887. The minimum Gasteiger partial charge on any atom is -0.462 e. The Labute approximate surface area is 423 Å². The van der Waals surface area contributed by atoms with E-state index in [-0.39, 0.29) is 31.1 Å². The smallest absolute Gasteiger partial charge is 0.306 e. The van der Waals surface area contributed by atoms with Gasteiger partial charge < -0.3 is 14.2 Å². The molecule has 0 aliphatic rings. The van der Waals surface area contributed by atoms with Crippen molar-refractivity contribution in [3.8, 4) is 0 Å². The Balaban J connectivity index is 4.31. The Morgan fingerprint density at radius 2 is 0.529 bits per heavy atom. The highest BCUT2D eigenvalue weighted by molar-refractivity contribution is 5.71. The van der Waals surface area contributed by atoms with Crippen LogP contribution in [0, 0.1) is 0 Å². The first kappa shape index (κ1) is 65.9. The molecule has 400 valence electrons. The molecule has 0 aromatic heterocycles. The molecule has 0 rings (SSSR count). The molecule has 0 heterocycles. The van der Waals surface area contributed by atoms with Crippen LogP contribution >= 0.6 is 0 Å². The first-order chi connectivity index (χ1) is 33.5. The number of carbonyl (C=O) groups is 3. The van der Waals surface area contributed by atoms with Gasteiger partial charge in [-0.3, -0.25) is 14.4 Å². The van der Waals surface area contributed by atoms with E-state index in [1.165, 1.54) is 231 Å². The number of ether oxygens (including phenoxy) is 3. The van der Waals surface area contributed by atoms with Gasteiger partial charge in [0.15, 0.2) is 6.10 Å². The van der Waals surface area contributed by atoms with Gasteiger partial charge in [0.1, 0.15) is 13.2 Å². The van der Waals surface area contributed by atoms with Gasteiger partial charge >= 0.3 is 17.9 Å². The van der Waals surface area contributed by atoms with Crippen molar-refractivity contribution in [1.29, 1.82) is 0 Å². The van der Waals surface area contributed by atoms with Gasteiger partial charge in [-0.2, -0.15) is 0 Å². The molecule has 0 amide bonds. The van der Waals surface area contributed by atoms with Gasteiger partial charge in [0.25, 0.3) is 0 Å². The van der Waals surface area contributed by atoms with Gasteiger partial charge in [0, 0.05) is 19.3 Å². The summed E-state index contributed by atoms with van der Waals surface area (Å²) in [6, 6.07) is 0. The zero-order chi connectivity index (χ0) is 49.3. The zero-order valence-electron chi connectivity index (χ0n) is 45.9. The lowest BCUT2D eigenvalue weighted by molar-refractivity contribution is -0.167. The average Bonchev–Trinajstić information content (AvgIpc) is 3.34. The predicted molar refractivity (Wildman–Crippen MR) is 293 cm³/mol. The lowest BCUT2D eigenvalue weighted by Crippen LogP contribution is -2.30. The maximum absolute atomic E-state index is 12.9. The first-order valence-corrected chi connectivity index (χ1v) is 30.3. The van der Waals surface area contributed by atoms with Crippen LogP contribution in [0.15, 0.2) is 24.3 Å². The van der Waals surface area contributed by atoms with E-state index >= 15 is 0 Å². The molecule has 0 saturated carbocycles. The van der Waals surface area contributed by atoms with Crippen molar-refractivity contribution in [2.24, 2.45) is 0 Å². The standard InChI is InChI=1S/C62H116O6/c1-4-7-10-13-16-19-22-25-28-30-31-32-35-37-40-43-46-49-52-55-61(64)67-58-59(57-66-60(63)54-51-48-45-42-39-36-33-27-24-21-18-15-12-9-6-3)68-62(65)56-53-50-47-44-41-38-34-29-26-23-20-17-14-11-8-5-2/h16,19,25,28,59H,4-15,17-18,20-24,26-27,29-58H2,1-3H3/b19-16+,28-25+/t59-/m1/s1. The highest BCUT2D eigenvalue weighted by atomic mass is 16.6. The summed E-state index contributed by atoms with van der Waals surface area (Å²) in [5, 5.41) is 0. The lowest BCUT2D eigenvalue weighted by atomic mass is 10.0. The minimum absolute atomic E-state index is 0.0664. The van der Waals surface area contributed by atoms with E-state index in [4.69, 9.17) is 14.2 Å². The van der Waals surface area contributed by atoms with Crippen LogP contribution in [0.25, 0.3) is 0 Å². The van der Waals surface area contributed by atoms with Gasteiger partial charge in [-0.25, -0.2) is 0 Å². The highest BCUT2D eigenvalue weighted by Crippen LogP contribution is 2.17. The number of rotatable bonds is 56. The molecule has 0 saturated heterocycles. The summed E-state index contributed by atoms with van der Waals surface area (Å²) in [5.74, 6) is -0.845. The normalized spacial score (nSPS) is 12.1.